The maximum Gasteiger partial charge on any atom is 0.197 e. The first-order chi connectivity index (χ1) is 10.9. The molecule has 0 spiro atoms. The van der Waals surface area contributed by atoms with Crippen LogP contribution in [0.5, 0.6) is 11.5 Å². The van der Waals surface area contributed by atoms with Crippen molar-refractivity contribution in [3.8, 4) is 11.5 Å². The second-order valence-corrected chi connectivity index (χ2v) is 6.41. The molecule has 1 aromatic rings. The molecule has 0 amide bonds. The van der Waals surface area contributed by atoms with E-state index in [-0.39, 0.29) is 47.2 Å². The molecule has 1 aromatic carbocycles. The summed E-state index contributed by atoms with van der Waals surface area (Å²) in [5, 5.41) is 20.2. The lowest BCUT2D eigenvalue weighted by atomic mass is 9.65. The highest BCUT2D eigenvalue weighted by molar-refractivity contribution is 5.95. The Morgan fingerprint density at radius 3 is 2.74 bits per heavy atom. The van der Waals surface area contributed by atoms with Gasteiger partial charge >= 0.3 is 0 Å². The van der Waals surface area contributed by atoms with Crippen LogP contribution in [-0.4, -0.2) is 28.9 Å². The molecule has 5 nitrogen and oxygen atoms in total. The van der Waals surface area contributed by atoms with Crippen molar-refractivity contribution in [1.29, 1.82) is 0 Å². The van der Waals surface area contributed by atoms with E-state index in [1.165, 1.54) is 13.2 Å². The molecule has 0 fully saturated rings. The minimum atomic E-state index is -0.194. The number of phenols is 2. The van der Waals surface area contributed by atoms with E-state index >= 15 is 0 Å². The molecule has 0 heterocycles. The van der Waals surface area contributed by atoms with Crippen LogP contribution in [0.25, 0.3) is 0 Å². The van der Waals surface area contributed by atoms with Gasteiger partial charge in [-0.05, 0) is 42.9 Å². The molecule has 3 atom stereocenters. The summed E-state index contributed by atoms with van der Waals surface area (Å²) in [7, 11) is 1.47. The van der Waals surface area contributed by atoms with Crippen LogP contribution in [0.4, 0.5) is 0 Å². The number of allylic oxidation sites excluding steroid dienone is 2. The van der Waals surface area contributed by atoms with Crippen molar-refractivity contribution in [2.45, 2.75) is 38.0 Å². The zero-order valence-electron chi connectivity index (χ0n) is 13.2. The molecule has 23 heavy (non-hydrogen) atoms. The largest absolute Gasteiger partial charge is 0.504 e. The average molecular weight is 316 g/mol. The maximum absolute atomic E-state index is 12.2. The van der Waals surface area contributed by atoms with E-state index in [9.17, 15) is 19.8 Å². The number of hydrogen-bond acceptors (Lipinski definition) is 5. The zero-order valence-corrected chi connectivity index (χ0v) is 13.2. The summed E-state index contributed by atoms with van der Waals surface area (Å²) in [5.74, 6) is -0.261. The van der Waals surface area contributed by atoms with Crippen LogP contribution in [0.15, 0.2) is 24.0 Å². The molecule has 3 rings (SSSR count). The van der Waals surface area contributed by atoms with Gasteiger partial charge in [0.05, 0.1) is 7.11 Å². The summed E-state index contributed by atoms with van der Waals surface area (Å²) in [5.41, 5.74) is 1.46. The first-order valence-electron chi connectivity index (χ1n) is 7.75. The molecular formula is C18H20O5. The summed E-state index contributed by atoms with van der Waals surface area (Å²) < 4.78 is 5.14. The van der Waals surface area contributed by atoms with E-state index in [1.54, 1.807) is 19.1 Å². The van der Waals surface area contributed by atoms with Crippen molar-refractivity contribution in [2.75, 3.05) is 7.11 Å². The molecule has 0 bridgehead atoms. The highest BCUT2D eigenvalue weighted by Crippen LogP contribution is 2.53. The molecule has 2 aliphatic carbocycles. The normalized spacial score (nSPS) is 26.1. The molecule has 0 aliphatic heterocycles. The van der Waals surface area contributed by atoms with Gasteiger partial charge in [0, 0.05) is 24.3 Å². The number of aromatic hydroxyl groups is 2. The van der Waals surface area contributed by atoms with Crippen LogP contribution in [0.1, 0.15) is 49.1 Å². The van der Waals surface area contributed by atoms with Gasteiger partial charge in [-0.25, -0.2) is 0 Å². The number of ether oxygens (including phenoxy) is 1. The number of phenolic OH excluding ortho intramolecular Hbond substituents is 2. The third-order valence-corrected chi connectivity index (χ3v) is 4.91. The molecule has 5 heteroatoms. The number of ketones is 2. The Hall–Kier alpha value is -2.30. The van der Waals surface area contributed by atoms with Gasteiger partial charge in [-0.15, -0.1) is 0 Å². The molecular weight excluding hydrogens is 296 g/mol. The van der Waals surface area contributed by atoms with Crippen LogP contribution in [-0.2, 0) is 14.3 Å². The van der Waals surface area contributed by atoms with Gasteiger partial charge < -0.3 is 19.7 Å². The van der Waals surface area contributed by atoms with Crippen molar-refractivity contribution in [1.82, 2.24) is 0 Å². The third-order valence-electron chi connectivity index (χ3n) is 4.91. The predicted molar refractivity (Wildman–Crippen MR) is 83.4 cm³/mol. The number of fused-ring (bicyclic) bond motifs is 3. The van der Waals surface area contributed by atoms with Crippen molar-refractivity contribution in [3.05, 3.63) is 35.1 Å². The lowest BCUT2D eigenvalue weighted by Gasteiger charge is -2.39. The van der Waals surface area contributed by atoms with E-state index in [2.05, 4.69) is 0 Å². The number of carbonyl (C=O) groups excluding carboxylic acids is 2. The van der Waals surface area contributed by atoms with Crippen molar-refractivity contribution < 1.29 is 24.5 Å². The molecule has 0 radical (unpaired) electrons. The number of methoxy groups -OCH3 is 1. The van der Waals surface area contributed by atoms with Crippen LogP contribution in [0, 0.1) is 5.92 Å². The van der Waals surface area contributed by atoms with Gasteiger partial charge in [-0.3, -0.25) is 4.79 Å². The van der Waals surface area contributed by atoms with Gasteiger partial charge in [0.15, 0.2) is 23.0 Å². The summed E-state index contributed by atoms with van der Waals surface area (Å²) >= 11 is 0. The molecule has 0 saturated carbocycles. The lowest BCUT2D eigenvalue weighted by Crippen LogP contribution is -2.30. The first-order valence-corrected chi connectivity index (χ1v) is 7.75. The van der Waals surface area contributed by atoms with Crippen LogP contribution < -0.4 is 0 Å². The number of rotatable bonds is 3. The second-order valence-electron chi connectivity index (χ2n) is 6.41. The minimum Gasteiger partial charge on any atom is -0.504 e. The Labute approximate surface area is 134 Å². The van der Waals surface area contributed by atoms with E-state index in [0.29, 0.717) is 17.7 Å². The number of hydrogen-bond donors (Lipinski definition) is 2. The SMILES string of the molecule is COC1=CC2C[C@H](CC(C)=O)c3ccc(O)c(O)c3C2CC1=O. The minimum absolute atomic E-state index is 0.00667. The number of benzene rings is 1. The van der Waals surface area contributed by atoms with Crippen molar-refractivity contribution in [2.24, 2.45) is 5.92 Å². The average Bonchev–Trinajstić information content (AvgIpc) is 2.50. The van der Waals surface area contributed by atoms with Gasteiger partial charge in [0.2, 0.25) is 0 Å². The van der Waals surface area contributed by atoms with E-state index in [0.717, 1.165) is 12.0 Å². The maximum atomic E-state index is 12.2. The monoisotopic (exact) mass is 316 g/mol. The summed E-state index contributed by atoms with van der Waals surface area (Å²) in [4.78, 5) is 23.8. The van der Waals surface area contributed by atoms with Crippen LogP contribution in [0.3, 0.4) is 0 Å². The van der Waals surface area contributed by atoms with Gasteiger partial charge in [-0.2, -0.15) is 0 Å². The van der Waals surface area contributed by atoms with Crippen molar-refractivity contribution in [3.63, 3.8) is 0 Å². The lowest BCUT2D eigenvalue weighted by molar-refractivity contribution is -0.120. The highest BCUT2D eigenvalue weighted by Gasteiger charge is 2.41. The Morgan fingerprint density at radius 1 is 1.35 bits per heavy atom. The van der Waals surface area contributed by atoms with E-state index in [1.807, 2.05) is 0 Å². The Kier molecular flexibility index (Phi) is 3.88. The van der Waals surface area contributed by atoms with Gasteiger partial charge in [0.1, 0.15) is 5.78 Å². The molecule has 0 saturated heterocycles. The first kappa shape index (κ1) is 15.6. The van der Waals surface area contributed by atoms with Gasteiger partial charge in [-0.1, -0.05) is 6.07 Å². The summed E-state index contributed by atoms with van der Waals surface area (Å²) in [6.07, 6.45) is 3.14. The van der Waals surface area contributed by atoms with E-state index in [4.69, 9.17) is 4.74 Å². The highest BCUT2D eigenvalue weighted by atomic mass is 16.5. The fourth-order valence-electron chi connectivity index (χ4n) is 3.94. The fraction of sp³-hybridized carbons (Fsp3) is 0.444. The molecule has 2 N–H and O–H groups in total. The summed E-state index contributed by atoms with van der Waals surface area (Å²) in [6.45, 7) is 1.55. The number of Topliss-reactive ketones (excluding diaryl/α,β-unsaturated/α-hetero) is 2. The van der Waals surface area contributed by atoms with Crippen molar-refractivity contribution >= 4 is 11.6 Å². The second kappa shape index (κ2) is 5.72. The zero-order chi connectivity index (χ0) is 16.7. The summed E-state index contributed by atoms with van der Waals surface area (Å²) in [6, 6.07) is 3.21. The molecule has 122 valence electrons. The Morgan fingerprint density at radius 2 is 2.09 bits per heavy atom. The Balaban J connectivity index is 2.12. The standard InChI is InChI=1S/C18H20O5/c1-9(19)5-10-6-11-7-16(23-2)15(21)8-13(11)17-12(10)3-4-14(20)18(17)22/h3-4,7,10-11,13,20,22H,5-6,8H2,1-2H3/t10-,11?,13?/m0/s1. The Bertz CT molecular complexity index is 704. The van der Waals surface area contributed by atoms with Crippen LogP contribution >= 0.6 is 0 Å². The number of carbonyl (C=O) groups is 2. The van der Waals surface area contributed by atoms with Crippen LogP contribution in [0.2, 0.25) is 0 Å². The molecule has 2 unspecified atom stereocenters. The third kappa shape index (κ3) is 2.60. The fourth-order valence-corrected chi connectivity index (χ4v) is 3.94. The van der Waals surface area contributed by atoms with Gasteiger partial charge in [0.25, 0.3) is 0 Å². The molecule has 0 aromatic heterocycles. The quantitative estimate of drug-likeness (QED) is 0.838. The molecule has 2 aliphatic rings. The predicted octanol–water partition coefficient (Wildman–Crippen LogP) is 2.77. The smallest absolute Gasteiger partial charge is 0.197 e. The van der Waals surface area contributed by atoms with E-state index < -0.39 is 0 Å². The topological polar surface area (TPSA) is 83.8 Å².